The molecule has 0 unspecified atom stereocenters. The van der Waals surface area contributed by atoms with Crippen LogP contribution in [-0.4, -0.2) is 37.6 Å². The minimum atomic E-state index is 0.195. The summed E-state index contributed by atoms with van der Waals surface area (Å²) in [6.07, 6.45) is 1.44. The van der Waals surface area contributed by atoms with E-state index in [1.54, 1.807) is 14.2 Å². The first-order valence-corrected chi connectivity index (χ1v) is 2.95. The summed E-state index contributed by atoms with van der Waals surface area (Å²) in [5.74, 6) is 0. The zero-order chi connectivity index (χ0) is 7.54. The van der Waals surface area contributed by atoms with Gasteiger partial charge in [-0.05, 0) is 12.8 Å². The molecule has 0 fully saturated rings. The summed E-state index contributed by atoms with van der Waals surface area (Å²) in [5, 5.41) is 16.2. The van der Waals surface area contributed by atoms with Gasteiger partial charge in [0.15, 0.2) is 0 Å². The van der Waals surface area contributed by atoms with E-state index in [2.05, 4.69) is 4.74 Å². The summed E-state index contributed by atoms with van der Waals surface area (Å²) >= 11 is 0. The van der Waals surface area contributed by atoms with Crippen molar-refractivity contribution < 1.29 is 14.9 Å². The van der Waals surface area contributed by atoms with Crippen LogP contribution in [0.4, 0.5) is 0 Å². The van der Waals surface area contributed by atoms with E-state index in [4.69, 9.17) is 10.2 Å². The highest BCUT2D eigenvalue weighted by Crippen LogP contribution is 1.80. The molecular formula is C6H16O3. The van der Waals surface area contributed by atoms with Crippen molar-refractivity contribution in [2.75, 3.05) is 27.4 Å². The van der Waals surface area contributed by atoms with Gasteiger partial charge in [-0.15, -0.1) is 0 Å². The number of rotatable bonds is 3. The van der Waals surface area contributed by atoms with Crippen molar-refractivity contribution in [1.29, 1.82) is 0 Å². The maximum atomic E-state index is 8.09. The van der Waals surface area contributed by atoms with Gasteiger partial charge in [0.05, 0.1) is 0 Å². The van der Waals surface area contributed by atoms with Gasteiger partial charge in [0.1, 0.15) is 0 Å². The van der Waals surface area contributed by atoms with Crippen LogP contribution in [0.25, 0.3) is 0 Å². The van der Waals surface area contributed by atoms with Crippen LogP contribution in [0, 0.1) is 0 Å². The molecule has 0 spiro atoms. The molecule has 0 bridgehead atoms. The Balaban J connectivity index is 0. The van der Waals surface area contributed by atoms with Crippen LogP contribution in [0.1, 0.15) is 12.8 Å². The molecule has 3 nitrogen and oxygen atoms in total. The first kappa shape index (κ1) is 11.6. The van der Waals surface area contributed by atoms with E-state index in [9.17, 15) is 0 Å². The summed E-state index contributed by atoms with van der Waals surface area (Å²) in [6, 6.07) is 0. The van der Waals surface area contributed by atoms with E-state index in [1.807, 2.05) is 0 Å². The van der Waals surface area contributed by atoms with Gasteiger partial charge < -0.3 is 14.9 Å². The molecule has 0 aliphatic heterocycles. The molecule has 0 radical (unpaired) electrons. The number of methoxy groups -OCH3 is 1. The molecular weight excluding hydrogens is 120 g/mol. The largest absolute Gasteiger partial charge is 0.396 e. The Morgan fingerprint density at radius 2 is 1.22 bits per heavy atom. The molecule has 0 rings (SSSR count). The summed E-state index contributed by atoms with van der Waals surface area (Å²) < 4.78 is 4.25. The molecule has 0 amide bonds. The molecule has 2 N–H and O–H groups in total. The summed E-state index contributed by atoms with van der Waals surface area (Å²) in [7, 11) is 3.25. The minimum absolute atomic E-state index is 0.195. The Hall–Kier alpha value is -0.120. The molecule has 0 saturated carbocycles. The van der Waals surface area contributed by atoms with Crippen LogP contribution < -0.4 is 0 Å². The zero-order valence-electron chi connectivity index (χ0n) is 6.13. The normalized spacial score (nSPS) is 8.00. The summed E-state index contributed by atoms with van der Waals surface area (Å²) in [6.45, 7) is 0.390. The molecule has 9 heavy (non-hydrogen) atoms. The van der Waals surface area contributed by atoms with Gasteiger partial charge in [0.25, 0.3) is 0 Å². The van der Waals surface area contributed by atoms with Crippen molar-refractivity contribution in [3.8, 4) is 0 Å². The highest BCUT2D eigenvalue weighted by Gasteiger charge is 1.77. The predicted molar refractivity (Wildman–Crippen MR) is 36.3 cm³/mol. The summed E-state index contributed by atoms with van der Waals surface area (Å²) in [5.41, 5.74) is 0. The third kappa shape index (κ3) is 32.8. The van der Waals surface area contributed by atoms with Gasteiger partial charge in [-0.25, -0.2) is 0 Å². The fourth-order valence-corrected chi connectivity index (χ4v) is 0.224. The number of hydrogen-bond donors (Lipinski definition) is 2. The smallest absolute Gasteiger partial charge is 0.0431 e. The van der Waals surface area contributed by atoms with E-state index < -0.39 is 0 Å². The number of ether oxygens (including phenoxy) is 1. The van der Waals surface area contributed by atoms with Crippen molar-refractivity contribution in [2.24, 2.45) is 0 Å². The maximum absolute atomic E-state index is 8.09. The second kappa shape index (κ2) is 15.7. The first-order chi connectivity index (χ1) is 4.33. The SMILES string of the molecule is COC.OCCCCO. The van der Waals surface area contributed by atoms with Crippen LogP contribution >= 0.6 is 0 Å². The lowest BCUT2D eigenvalue weighted by Gasteiger charge is -1.85. The van der Waals surface area contributed by atoms with Crippen LogP contribution in [0.3, 0.4) is 0 Å². The van der Waals surface area contributed by atoms with Crippen molar-refractivity contribution in [1.82, 2.24) is 0 Å². The van der Waals surface area contributed by atoms with Crippen LogP contribution in [-0.2, 0) is 4.74 Å². The quantitative estimate of drug-likeness (QED) is 0.537. The van der Waals surface area contributed by atoms with E-state index in [0.29, 0.717) is 0 Å². The average Bonchev–Trinajstić information content (AvgIpc) is 1.86. The predicted octanol–water partition coefficient (Wildman–Crippen LogP) is 0.0138. The number of unbranched alkanes of at least 4 members (excludes halogenated alkanes) is 1. The maximum Gasteiger partial charge on any atom is 0.0431 e. The molecule has 0 saturated heterocycles. The second-order valence-electron chi connectivity index (χ2n) is 1.56. The Kier molecular flexibility index (Phi) is 20.3. The Labute approximate surface area is 56.3 Å². The molecule has 0 aliphatic carbocycles. The Morgan fingerprint density at radius 3 is 1.33 bits per heavy atom. The zero-order valence-corrected chi connectivity index (χ0v) is 6.13. The number of hydrogen-bond acceptors (Lipinski definition) is 3. The van der Waals surface area contributed by atoms with Gasteiger partial charge in [-0.1, -0.05) is 0 Å². The lowest BCUT2D eigenvalue weighted by atomic mass is 10.3. The van der Waals surface area contributed by atoms with Crippen molar-refractivity contribution in [2.45, 2.75) is 12.8 Å². The van der Waals surface area contributed by atoms with E-state index in [1.165, 1.54) is 0 Å². The van der Waals surface area contributed by atoms with Crippen molar-refractivity contribution in [3.05, 3.63) is 0 Å². The van der Waals surface area contributed by atoms with Crippen LogP contribution in [0.2, 0.25) is 0 Å². The molecule has 3 heteroatoms. The molecule has 0 aromatic heterocycles. The van der Waals surface area contributed by atoms with Gasteiger partial charge >= 0.3 is 0 Å². The third-order valence-electron chi connectivity index (χ3n) is 0.566. The molecule has 0 atom stereocenters. The van der Waals surface area contributed by atoms with E-state index in [-0.39, 0.29) is 13.2 Å². The number of aliphatic hydroxyl groups is 2. The minimum Gasteiger partial charge on any atom is -0.396 e. The molecule has 0 aromatic carbocycles. The fraction of sp³-hybridized carbons (Fsp3) is 1.00. The monoisotopic (exact) mass is 136 g/mol. The topological polar surface area (TPSA) is 49.7 Å². The Bertz CT molecular complexity index is 27.5. The molecule has 58 valence electrons. The third-order valence-corrected chi connectivity index (χ3v) is 0.566. The molecule has 0 aliphatic rings. The number of aliphatic hydroxyl groups excluding tert-OH is 2. The first-order valence-electron chi connectivity index (χ1n) is 2.95. The lowest BCUT2D eigenvalue weighted by Crippen LogP contribution is -1.85. The Morgan fingerprint density at radius 1 is 1.00 bits per heavy atom. The standard InChI is InChI=1S/C4H10O2.C2H6O/c5-3-1-2-4-6;1-3-2/h5-6H,1-4H2;1-2H3. The van der Waals surface area contributed by atoms with Crippen molar-refractivity contribution >= 4 is 0 Å². The van der Waals surface area contributed by atoms with Gasteiger partial charge in [-0.2, -0.15) is 0 Å². The van der Waals surface area contributed by atoms with Gasteiger partial charge in [0, 0.05) is 27.4 Å². The van der Waals surface area contributed by atoms with Crippen LogP contribution in [0.5, 0.6) is 0 Å². The van der Waals surface area contributed by atoms with E-state index >= 15 is 0 Å². The van der Waals surface area contributed by atoms with Gasteiger partial charge in [-0.3, -0.25) is 0 Å². The molecule has 0 heterocycles. The van der Waals surface area contributed by atoms with E-state index in [0.717, 1.165) is 12.8 Å². The van der Waals surface area contributed by atoms with Crippen LogP contribution in [0.15, 0.2) is 0 Å². The fourth-order valence-electron chi connectivity index (χ4n) is 0.224. The average molecular weight is 136 g/mol. The lowest BCUT2D eigenvalue weighted by molar-refractivity contribution is 0.242. The molecule has 0 aromatic rings. The highest BCUT2D eigenvalue weighted by molar-refractivity contribution is 4.30. The second-order valence-corrected chi connectivity index (χ2v) is 1.56. The summed E-state index contributed by atoms with van der Waals surface area (Å²) in [4.78, 5) is 0. The van der Waals surface area contributed by atoms with Gasteiger partial charge in [0.2, 0.25) is 0 Å². The highest BCUT2D eigenvalue weighted by atomic mass is 16.4. The van der Waals surface area contributed by atoms with Crippen molar-refractivity contribution in [3.63, 3.8) is 0 Å².